The summed E-state index contributed by atoms with van der Waals surface area (Å²) in [6.07, 6.45) is 3.88. The Bertz CT molecular complexity index is 1290. The fourth-order valence-electron chi connectivity index (χ4n) is 3.01. The molecule has 0 bridgehead atoms. The number of anilines is 1. The molecular formula is C20H18ClN7O. The van der Waals surface area contributed by atoms with Crippen LogP contribution < -0.4 is 5.73 Å². The Morgan fingerprint density at radius 2 is 2.21 bits per heavy atom. The van der Waals surface area contributed by atoms with Crippen LogP contribution in [0.2, 0.25) is 5.02 Å². The number of nitrogen functional groups attached to an aromatic ring is 1. The predicted molar refractivity (Wildman–Crippen MR) is 112 cm³/mol. The van der Waals surface area contributed by atoms with Crippen molar-refractivity contribution in [1.29, 1.82) is 0 Å². The minimum absolute atomic E-state index is 0.219. The molecule has 0 saturated carbocycles. The quantitative estimate of drug-likeness (QED) is 0.508. The second kappa shape index (κ2) is 7.45. The van der Waals surface area contributed by atoms with Gasteiger partial charge in [-0.3, -0.25) is 9.20 Å². The first kappa shape index (κ1) is 18.8. The van der Waals surface area contributed by atoms with Gasteiger partial charge in [0.05, 0.1) is 16.2 Å². The molecule has 3 N–H and O–H groups in total. The van der Waals surface area contributed by atoms with Gasteiger partial charge in [-0.15, -0.1) is 0 Å². The van der Waals surface area contributed by atoms with Crippen molar-refractivity contribution in [2.45, 2.75) is 13.3 Å². The number of nitrogens with two attached hydrogens (primary N) is 1. The zero-order valence-corrected chi connectivity index (χ0v) is 16.7. The molecule has 0 atom stereocenters. The van der Waals surface area contributed by atoms with E-state index in [9.17, 15) is 4.79 Å². The summed E-state index contributed by atoms with van der Waals surface area (Å²) in [5, 5.41) is 0.505. The molecule has 0 aliphatic carbocycles. The first-order chi connectivity index (χ1) is 14.0. The number of carbonyl (C=O) groups excluding carboxylic acids is 1. The van der Waals surface area contributed by atoms with Crippen molar-refractivity contribution in [3.05, 3.63) is 52.8 Å². The Balaban J connectivity index is 1.46. The molecule has 0 fully saturated rings. The fraction of sp³-hybridized carbons (Fsp3) is 0.200. The van der Waals surface area contributed by atoms with Crippen LogP contribution in [0.1, 0.15) is 28.4 Å². The van der Waals surface area contributed by atoms with Gasteiger partial charge in [0, 0.05) is 32.4 Å². The molecule has 1 aromatic carbocycles. The lowest BCUT2D eigenvalue weighted by molar-refractivity contribution is 0.0787. The van der Waals surface area contributed by atoms with E-state index >= 15 is 0 Å². The molecule has 3 aromatic heterocycles. The molecule has 0 unspecified atom stereocenters. The van der Waals surface area contributed by atoms with Gasteiger partial charge in [0.1, 0.15) is 11.2 Å². The summed E-state index contributed by atoms with van der Waals surface area (Å²) in [7, 11) is 1.71. The molecule has 1 amide bonds. The van der Waals surface area contributed by atoms with Crippen LogP contribution in [0.5, 0.6) is 0 Å². The molecule has 4 rings (SSSR count). The third-order valence-corrected chi connectivity index (χ3v) is 4.84. The van der Waals surface area contributed by atoms with E-state index in [0.717, 1.165) is 16.9 Å². The molecule has 0 spiro atoms. The normalized spacial score (nSPS) is 10.9. The van der Waals surface area contributed by atoms with Crippen molar-refractivity contribution in [2.75, 3.05) is 19.3 Å². The van der Waals surface area contributed by atoms with Gasteiger partial charge in [-0.05, 0) is 25.0 Å². The predicted octanol–water partition coefficient (Wildman–Crippen LogP) is 2.66. The topological polar surface area (TPSA) is 105 Å². The van der Waals surface area contributed by atoms with Crippen LogP contribution in [0.4, 0.5) is 5.82 Å². The summed E-state index contributed by atoms with van der Waals surface area (Å²) in [5.74, 6) is 6.61. The zero-order valence-electron chi connectivity index (χ0n) is 15.9. The van der Waals surface area contributed by atoms with Crippen LogP contribution in [-0.4, -0.2) is 48.7 Å². The van der Waals surface area contributed by atoms with E-state index in [0.29, 0.717) is 35.0 Å². The number of benzene rings is 1. The van der Waals surface area contributed by atoms with Crippen LogP contribution >= 0.6 is 11.6 Å². The lowest BCUT2D eigenvalue weighted by atomic mass is 10.3. The first-order valence-corrected chi connectivity index (χ1v) is 9.31. The standard InChI is InChI=1S/C20H18ClN7O/c1-12-15(28-11-9-23-17(22)19(28)24-12)8-3-4-10-27(2)20(29)18-25-14-7-5-6-13(21)16(14)26-18/h5-7,9,11H,4,10H2,1-2H3,(H2,22,23)(H,25,26). The lowest BCUT2D eigenvalue weighted by Crippen LogP contribution is -2.28. The number of H-pyrrole nitrogens is 1. The number of rotatable bonds is 3. The number of carbonyl (C=O) groups is 1. The molecule has 0 aliphatic rings. The van der Waals surface area contributed by atoms with Gasteiger partial charge >= 0.3 is 0 Å². The molecule has 0 aliphatic heterocycles. The minimum Gasteiger partial charge on any atom is -0.381 e. The number of aromatic nitrogens is 5. The Morgan fingerprint density at radius 3 is 3.00 bits per heavy atom. The van der Waals surface area contributed by atoms with Crippen LogP contribution in [0, 0.1) is 18.8 Å². The number of fused-ring (bicyclic) bond motifs is 2. The van der Waals surface area contributed by atoms with Crippen molar-refractivity contribution in [2.24, 2.45) is 0 Å². The highest BCUT2D eigenvalue weighted by atomic mass is 35.5. The van der Waals surface area contributed by atoms with E-state index < -0.39 is 0 Å². The average molecular weight is 408 g/mol. The van der Waals surface area contributed by atoms with Gasteiger partial charge in [0.2, 0.25) is 0 Å². The van der Waals surface area contributed by atoms with Crippen LogP contribution in [0.15, 0.2) is 30.6 Å². The maximum Gasteiger partial charge on any atom is 0.289 e. The Hall–Kier alpha value is -3.57. The average Bonchev–Trinajstić information content (AvgIpc) is 3.27. The number of imidazole rings is 2. The smallest absolute Gasteiger partial charge is 0.289 e. The fourth-order valence-corrected chi connectivity index (χ4v) is 3.23. The minimum atomic E-state index is -0.219. The first-order valence-electron chi connectivity index (χ1n) is 8.93. The number of aryl methyl sites for hydroxylation is 1. The van der Waals surface area contributed by atoms with Gasteiger partial charge in [-0.1, -0.05) is 23.6 Å². The van der Waals surface area contributed by atoms with Crippen LogP contribution in [-0.2, 0) is 0 Å². The van der Waals surface area contributed by atoms with Crippen LogP contribution in [0.3, 0.4) is 0 Å². The van der Waals surface area contributed by atoms with Gasteiger partial charge in [-0.2, -0.15) is 0 Å². The van der Waals surface area contributed by atoms with E-state index in [4.69, 9.17) is 17.3 Å². The number of amides is 1. The van der Waals surface area contributed by atoms with Crippen molar-refractivity contribution in [3.63, 3.8) is 0 Å². The maximum atomic E-state index is 12.6. The number of halogens is 1. The van der Waals surface area contributed by atoms with E-state index in [1.54, 1.807) is 30.4 Å². The monoisotopic (exact) mass is 407 g/mol. The van der Waals surface area contributed by atoms with Crippen molar-refractivity contribution in [1.82, 2.24) is 29.2 Å². The molecule has 146 valence electrons. The van der Waals surface area contributed by atoms with Gasteiger partial charge in [0.25, 0.3) is 5.91 Å². The van der Waals surface area contributed by atoms with Gasteiger partial charge in [-0.25, -0.2) is 15.0 Å². The summed E-state index contributed by atoms with van der Waals surface area (Å²) in [5.41, 5.74) is 9.29. The number of para-hydroxylation sites is 1. The molecule has 3 heterocycles. The summed E-state index contributed by atoms with van der Waals surface area (Å²) >= 11 is 6.13. The van der Waals surface area contributed by atoms with Crippen molar-refractivity contribution in [3.8, 4) is 11.8 Å². The Morgan fingerprint density at radius 1 is 1.38 bits per heavy atom. The van der Waals surface area contributed by atoms with E-state index in [-0.39, 0.29) is 11.7 Å². The maximum absolute atomic E-state index is 12.6. The lowest BCUT2D eigenvalue weighted by Gasteiger charge is -2.13. The molecule has 4 aromatic rings. The summed E-state index contributed by atoms with van der Waals surface area (Å²) in [6, 6.07) is 5.38. The van der Waals surface area contributed by atoms with Crippen LogP contribution in [0.25, 0.3) is 16.7 Å². The highest BCUT2D eigenvalue weighted by molar-refractivity contribution is 6.35. The van der Waals surface area contributed by atoms with E-state index in [1.807, 2.05) is 23.5 Å². The Labute approximate surface area is 171 Å². The molecular weight excluding hydrogens is 390 g/mol. The number of hydrogen-bond donors (Lipinski definition) is 2. The second-order valence-corrected chi connectivity index (χ2v) is 6.96. The molecule has 9 heteroatoms. The number of nitrogens with one attached hydrogen (secondary N) is 1. The molecule has 8 nitrogen and oxygen atoms in total. The highest BCUT2D eigenvalue weighted by Gasteiger charge is 2.16. The summed E-state index contributed by atoms with van der Waals surface area (Å²) < 4.78 is 1.82. The Kier molecular flexibility index (Phi) is 4.82. The number of nitrogens with zero attached hydrogens (tertiary/aromatic N) is 5. The third kappa shape index (κ3) is 3.48. The molecule has 0 saturated heterocycles. The zero-order chi connectivity index (χ0) is 20.5. The number of hydrogen-bond acceptors (Lipinski definition) is 5. The van der Waals surface area contributed by atoms with E-state index in [2.05, 4.69) is 31.8 Å². The van der Waals surface area contributed by atoms with Crippen molar-refractivity contribution >= 4 is 40.0 Å². The molecule has 29 heavy (non-hydrogen) atoms. The number of aromatic amines is 1. The van der Waals surface area contributed by atoms with Gasteiger partial charge < -0.3 is 15.6 Å². The highest BCUT2D eigenvalue weighted by Crippen LogP contribution is 2.21. The molecule has 0 radical (unpaired) electrons. The largest absolute Gasteiger partial charge is 0.381 e. The summed E-state index contributed by atoms with van der Waals surface area (Å²) in [6.45, 7) is 2.33. The van der Waals surface area contributed by atoms with E-state index in [1.165, 1.54) is 0 Å². The SMILES string of the molecule is Cc1nc2c(N)nccn2c1C#CCCN(C)C(=O)c1nc2c(Cl)cccc2[nH]1. The van der Waals surface area contributed by atoms with Crippen molar-refractivity contribution < 1.29 is 4.79 Å². The second-order valence-electron chi connectivity index (χ2n) is 6.55. The third-order valence-electron chi connectivity index (χ3n) is 4.54. The van der Waals surface area contributed by atoms with Gasteiger partial charge in [0.15, 0.2) is 17.3 Å². The summed E-state index contributed by atoms with van der Waals surface area (Å²) in [4.78, 5) is 30.0.